The summed E-state index contributed by atoms with van der Waals surface area (Å²) in [5.74, 6) is 0.00825. The van der Waals surface area contributed by atoms with E-state index >= 15 is 0 Å². The van der Waals surface area contributed by atoms with Crippen LogP contribution in [0, 0.1) is 0 Å². The van der Waals surface area contributed by atoms with E-state index in [1.807, 2.05) is 42.2 Å². The van der Waals surface area contributed by atoms with Crippen molar-refractivity contribution in [3.05, 3.63) is 56.7 Å². The van der Waals surface area contributed by atoms with Crippen LogP contribution in [0.25, 0.3) is 0 Å². The molecule has 0 aliphatic carbocycles. The molecule has 3 rings (SSSR count). The van der Waals surface area contributed by atoms with E-state index in [1.54, 1.807) is 7.05 Å². The summed E-state index contributed by atoms with van der Waals surface area (Å²) in [5, 5.41) is 0. The molecular formula is C20H27N5O3. The van der Waals surface area contributed by atoms with Crippen LogP contribution in [-0.4, -0.2) is 46.5 Å². The van der Waals surface area contributed by atoms with Crippen molar-refractivity contribution in [1.82, 2.24) is 14.5 Å². The van der Waals surface area contributed by atoms with E-state index in [0.29, 0.717) is 0 Å². The predicted octanol–water partition coefficient (Wildman–Crippen LogP) is 1.00. The largest absolute Gasteiger partial charge is 0.383 e. The van der Waals surface area contributed by atoms with Crippen molar-refractivity contribution < 1.29 is 4.79 Å². The topological polar surface area (TPSA) is 104 Å². The van der Waals surface area contributed by atoms with E-state index in [1.165, 1.54) is 9.47 Å². The van der Waals surface area contributed by atoms with Crippen LogP contribution < -0.4 is 21.9 Å². The average molecular weight is 385 g/mol. The van der Waals surface area contributed by atoms with Crippen molar-refractivity contribution in [1.29, 1.82) is 0 Å². The Morgan fingerprint density at radius 1 is 1.25 bits per heavy atom. The van der Waals surface area contributed by atoms with Gasteiger partial charge in [0.2, 0.25) is 5.91 Å². The molecule has 8 heteroatoms. The first-order valence-electron chi connectivity index (χ1n) is 9.55. The second-order valence-corrected chi connectivity index (χ2v) is 7.35. The van der Waals surface area contributed by atoms with Gasteiger partial charge >= 0.3 is 5.69 Å². The summed E-state index contributed by atoms with van der Waals surface area (Å²) in [6.07, 6.45) is 3.10. The smallest absolute Gasteiger partial charge is 0.330 e. The first-order valence-corrected chi connectivity index (χ1v) is 9.55. The van der Waals surface area contributed by atoms with Crippen molar-refractivity contribution in [2.45, 2.75) is 38.8 Å². The van der Waals surface area contributed by atoms with Crippen LogP contribution in [0.5, 0.6) is 0 Å². The maximum absolute atomic E-state index is 12.7. The second kappa shape index (κ2) is 8.33. The normalized spacial score (nSPS) is 16.8. The number of amides is 1. The van der Waals surface area contributed by atoms with Crippen LogP contribution >= 0.6 is 0 Å². The number of carbonyl (C=O) groups excluding carboxylic acids is 1. The number of H-pyrrole nitrogens is 1. The minimum absolute atomic E-state index is 0.0289. The molecule has 3 N–H and O–H groups in total. The lowest BCUT2D eigenvalue weighted by Gasteiger charge is -2.34. The Morgan fingerprint density at radius 3 is 2.64 bits per heavy atom. The van der Waals surface area contributed by atoms with E-state index in [9.17, 15) is 14.4 Å². The summed E-state index contributed by atoms with van der Waals surface area (Å²) in [5.41, 5.74) is 6.05. The van der Waals surface area contributed by atoms with Gasteiger partial charge in [-0.05, 0) is 31.7 Å². The van der Waals surface area contributed by atoms with Crippen molar-refractivity contribution in [3.8, 4) is 0 Å². The number of aromatic amines is 1. The number of nitrogens with two attached hydrogens (primary N) is 1. The van der Waals surface area contributed by atoms with Crippen LogP contribution in [-0.2, 0) is 11.3 Å². The summed E-state index contributed by atoms with van der Waals surface area (Å²) in [6, 6.07) is 9.57. The van der Waals surface area contributed by atoms with Crippen LogP contribution in [0.2, 0.25) is 0 Å². The van der Waals surface area contributed by atoms with Gasteiger partial charge in [0.15, 0.2) is 0 Å². The number of anilines is 2. The number of rotatable bonds is 5. The fraction of sp³-hybridized carbons (Fsp3) is 0.450. The molecule has 1 amide bonds. The fourth-order valence-electron chi connectivity index (χ4n) is 3.71. The lowest BCUT2D eigenvalue weighted by molar-refractivity contribution is -0.132. The zero-order valence-corrected chi connectivity index (χ0v) is 16.4. The van der Waals surface area contributed by atoms with Gasteiger partial charge < -0.3 is 15.5 Å². The molecule has 0 saturated carbocycles. The molecule has 8 nitrogen and oxygen atoms in total. The number of hydrogen-bond donors (Lipinski definition) is 2. The first kappa shape index (κ1) is 19.7. The Hall–Kier alpha value is -3.03. The molecule has 1 aliphatic heterocycles. The van der Waals surface area contributed by atoms with Crippen molar-refractivity contribution in [2.24, 2.45) is 0 Å². The summed E-state index contributed by atoms with van der Waals surface area (Å²) < 4.78 is 1.32. The highest BCUT2D eigenvalue weighted by molar-refractivity contribution is 5.82. The number of aromatic nitrogens is 2. The highest BCUT2D eigenvalue weighted by Gasteiger charge is 2.25. The van der Waals surface area contributed by atoms with E-state index in [-0.39, 0.29) is 36.5 Å². The van der Waals surface area contributed by atoms with Gasteiger partial charge in [-0.2, -0.15) is 0 Å². The van der Waals surface area contributed by atoms with E-state index < -0.39 is 11.2 Å². The molecule has 0 radical (unpaired) electrons. The number of benzene rings is 1. The van der Waals surface area contributed by atoms with Crippen molar-refractivity contribution >= 4 is 17.4 Å². The van der Waals surface area contributed by atoms with E-state index in [2.05, 4.69) is 4.98 Å². The molecule has 1 aliphatic rings. The van der Waals surface area contributed by atoms with Crippen LogP contribution in [0.3, 0.4) is 0 Å². The van der Waals surface area contributed by atoms with Crippen molar-refractivity contribution in [3.63, 3.8) is 0 Å². The molecule has 28 heavy (non-hydrogen) atoms. The van der Waals surface area contributed by atoms with Gasteiger partial charge in [0.25, 0.3) is 5.56 Å². The van der Waals surface area contributed by atoms with Crippen LogP contribution in [0.15, 0.2) is 39.9 Å². The Labute approximate surface area is 163 Å². The van der Waals surface area contributed by atoms with Crippen molar-refractivity contribution in [2.75, 3.05) is 30.8 Å². The van der Waals surface area contributed by atoms with Gasteiger partial charge in [-0.3, -0.25) is 19.1 Å². The first-order chi connectivity index (χ1) is 13.4. The lowest BCUT2D eigenvalue weighted by Crippen LogP contribution is -2.47. The Balaban J connectivity index is 1.86. The third-order valence-electron chi connectivity index (χ3n) is 5.28. The number of likely N-dealkylation sites (tertiary alicyclic amines) is 1. The minimum Gasteiger partial charge on any atom is -0.383 e. The Bertz CT molecular complexity index is 951. The molecule has 0 spiro atoms. The third-order valence-corrected chi connectivity index (χ3v) is 5.28. The second-order valence-electron chi connectivity index (χ2n) is 7.35. The average Bonchev–Trinajstić information content (AvgIpc) is 2.66. The van der Waals surface area contributed by atoms with Gasteiger partial charge in [0.1, 0.15) is 11.5 Å². The highest BCUT2D eigenvalue weighted by atomic mass is 16.2. The monoisotopic (exact) mass is 385 g/mol. The number of nitrogens with one attached hydrogen (secondary N) is 1. The maximum atomic E-state index is 12.7. The number of nitrogen functional groups attached to an aromatic ring is 1. The van der Waals surface area contributed by atoms with Gasteiger partial charge in [-0.15, -0.1) is 0 Å². The molecule has 2 heterocycles. The molecular weight excluding hydrogens is 358 g/mol. The van der Waals surface area contributed by atoms with Gasteiger partial charge in [-0.25, -0.2) is 4.79 Å². The number of nitrogens with zero attached hydrogens (tertiary/aromatic N) is 3. The van der Waals surface area contributed by atoms with Crippen LogP contribution in [0.1, 0.15) is 31.7 Å². The Morgan fingerprint density at radius 2 is 1.96 bits per heavy atom. The predicted molar refractivity (Wildman–Crippen MR) is 110 cm³/mol. The van der Waals surface area contributed by atoms with E-state index in [0.717, 1.165) is 31.4 Å². The zero-order chi connectivity index (χ0) is 20.3. The summed E-state index contributed by atoms with van der Waals surface area (Å²) in [4.78, 5) is 43.1. The van der Waals surface area contributed by atoms with Crippen LogP contribution in [0.4, 0.5) is 11.5 Å². The molecule has 2 aromatic rings. The molecule has 1 saturated heterocycles. The molecule has 0 bridgehead atoms. The molecule has 1 fully saturated rings. The summed E-state index contributed by atoms with van der Waals surface area (Å²) in [6.45, 7) is 3.03. The number of piperidine rings is 1. The fourth-order valence-corrected chi connectivity index (χ4v) is 3.71. The quantitative estimate of drug-likeness (QED) is 0.799. The highest BCUT2D eigenvalue weighted by Crippen LogP contribution is 2.19. The zero-order valence-electron chi connectivity index (χ0n) is 16.4. The van der Waals surface area contributed by atoms with E-state index in [4.69, 9.17) is 5.73 Å². The molecule has 1 atom stereocenters. The number of carbonyl (C=O) groups is 1. The summed E-state index contributed by atoms with van der Waals surface area (Å²) in [7, 11) is 1.64. The number of likely N-dealkylation sites (N-methyl/N-ethyl adjacent to an activating group) is 1. The molecule has 1 unspecified atom stereocenters. The Kier molecular flexibility index (Phi) is 5.87. The third kappa shape index (κ3) is 4.11. The number of hydrogen-bond acceptors (Lipinski definition) is 5. The molecule has 150 valence electrons. The van der Waals surface area contributed by atoms with Gasteiger partial charge in [-0.1, -0.05) is 30.3 Å². The molecule has 1 aromatic carbocycles. The van der Waals surface area contributed by atoms with Gasteiger partial charge in [0.05, 0.1) is 13.1 Å². The lowest BCUT2D eigenvalue weighted by atomic mass is 10.0. The SMILES string of the molecule is CC1CCCCN1C(=O)CN(C)c1c(N)n(Cc2ccccc2)c(=O)[nH]c1=O. The maximum Gasteiger partial charge on any atom is 0.330 e. The molecule has 1 aromatic heterocycles. The summed E-state index contributed by atoms with van der Waals surface area (Å²) >= 11 is 0. The minimum atomic E-state index is -0.589. The standard InChI is InChI=1S/C20H27N5O3/c1-14-8-6-7-11-24(14)16(26)13-23(2)17-18(21)25(20(28)22-19(17)27)12-15-9-4-3-5-10-15/h3-5,9-10,14H,6-8,11-13,21H2,1-2H3,(H,22,27,28). The van der Waals surface area contributed by atoms with Gasteiger partial charge in [0, 0.05) is 19.6 Å².